The van der Waals surface area contributed by atoms with Crippen LogP contribution < -0.4 is 0 Å². The predicted molar refractivity (Wildman–Crippen MR) is 102 cm³/mol. The normalized spacial score (nSPS) is 24.7. The Kier molecular flexibility index (Phi) is 4.73. The molecule has 1 spiro atoms. The maximum Gasteiger partial charge on any atom is 0.275 e. The van der Waals surface area contributed by atoms with Gasteiger partial charge < -0.3 is 14.5 Å². The van der Waals surface area contributed by atoms with E-state index in [4.69, 9.17) is 4.74 Å². The number of piperidine rings is 1. The first-order valence-electron chi connectivity index (χ1n) is 10.2. The quantitative estimate of drug-likeness (QED) is 0.733. The molecule has 162 valence electrons. The molecular formula is C22H20F3N3O3. The van der Waals surface area contributed by atoms with Crippen molar-refractivity contribution < 1.29 is 27.5 Å². The molecule has 0 saturated carbocycles. The van der Waals surface area contributed by atoms with Crippen molar-refractivity contribution in [3.8, 4) is 0 Å². The van der Waals surface area contributed by atoms with E-state index in [-0.39, 0.29) is 37.5 Å². The molecule has 5 rings (SSSR count). The van der Waals surface area contributed by atoms with E-state index in [2.05, 4.69) is 4.98 Å². The summed E-state index contributed by atoms with van der Waals surface area (Å²) in [6.45, 7) is 0.445. The van der Waals surface area contributed by atoms with E-state index in [9.17, 15) is 22.8 Å². The SMILES string of the molecule is O=C(c1ncccc1F)N1CCC2(CC1)OC1CC[C@@H](c3cc(F)cc(F)c3)N1C2=O. The van der Waals surface area contributed by atoms with Gasteiger partial charge in [0.25, 0.3) is 11.8 Å². The molecule has 31 heavy (non-hydrogen) atoms. The molecule has 4 heterocycles. The number of halogens is 3. The highest BCUT2D eigenvalue weighted by Gasteiger charge is 2.58. The molecule has 1 unspecified atom stereocenters. The number of carbonyl (C=O) groups is 2. The van der Waals surface area contributed by atoms with Crippen molar-refractivity contribution in [2.24, 2.45) is 0 Å². The van der Waals surface area contributed by atoms with Gasteiger partial charge in [0, 0.05) is 38.2 Å². The minimum atomic E-state index is -1.07. The van der Waals surface area contributed by atoms with Crippen LogP contribution in [0.5, 0.6) is 0 Å². The summed E-state index contributed by atoms with van der Waals surface area (Å²) in [4.78, 5) is 32.9. The Morgan fingerprint density at radius 2 is 1.81 bits per heavy atom. The van der Waals surface area contributed by atoms with E-state index in [1.807, 2.05) is 0 Å². The monoisotopic (exact) mass is 431 g/mol. The number of fused-ring (bicyclic) bond motifs is 1. The molecule has 2 aromatic rings. The Labute approximate surface area is 176 Å². The number of hydrogen-bond donors (Lipinski definition) is 0. The van der Waals surface area contributed by atoms with Gasteiger partial charge in [0.15, 0.2) is 17.1 Å². The van der Waals surface area contributed by atoms with Gasteiger partial charge in [0.2, 0.25) is 0 Å². The summed E-state index contributed by atoms with van der Waals surface area (Å²) in [6.07, 6.45) is 2.55. The Bertz CT molecular complexity index is 1040. The second-order valence-electron chi connectivity index (χ2n) is 8.20. The Morgan fingerprint density at radius 3 is 2.48 bits per heavy atom. The third kappa shape index (κ3) is 3.27. The van der Waals surface area contributed by atoms with Crippen LogP contribution in [0.25, 0.3) is 0 Å². The van der Waals surface area contributed by atoms with Crippen molar-refractivity contribution >= 4 is 11.8 Å². The number of likely N-dealkylation sites (tertiary alicyclic amines) is 1. The van der Waals surface area contributed by atoms with Crippen LogP contribution in [-0.4, -0.2) is 51.5 Å². The number of carbonyl (C=O) groups excluding carboxylic acids is 2. The highest BCUT2D eigenvalue weighted by atomic mass is 19.1. The molecule has 0 bridgehead atoms. The molecule has 3 fully saturated rings. The minimum absolute atomic E-state index is 0.221. The fourth-order valence-electron chi connectivity index (χ4n) is 4.90. The molecular weight excluding hydrogens is 411 g/mol. The number of pyridine rings is 1. The topological polar surface area (TPSA) is 62.7 Å². The van der Waals surface area contributed by atoms with Gasteiger partial charge in [-0.15, -0.1) is 0 Å². The van der Waals surface area contributed by atoms with E-state index < -0.39 is 41.2 Å². The van der Waals surface area contributed by atoms with Gasteiger partial charge in [0.1, 0.15) is 17.9 Å². The zero-order valence-corrected chi connectivity index (χ0v) is 16.6. The molecule has 0 N–H and O–H groups in total. The number of benzene rings is 1. The Balaban J connectivity index is 1.32. The molecule has 0 radical (unpaired) electrons. The van der Waals surface area contributed by atoms with Crippen molar-refractivity contribution in [1.29, 1.82) is 0 Å². The van der Waals surface area contributed by atoms with Gasteiger partial charge in [0.05, 0.1) is 6.04 Å². The lowest BCUT2D eigenvalue weighted by molar-refractivity contribution is -0.142. The molecule has 3 aliphatic heterocycles. The number of hydrogen-bond acceptors (Lipinski definition) is 4. The summed E-state index contributed by atoms with van der Waals surface area (Å²) in [6, 6.07) is 5.44. The van der Waals surface area contributed by atoms with Gasteiger partial charge in [-0.1, -0.05) is 0 Å². The molecule has 3 aliphatic rings. The van der Waals surface area contributed by atoms with Crippen LogP contribution in [0.2, 0.25) is 0 Å². The molecule has 3 saturated heterocycles. The number of aromatic nitrogens is 1. The van der Waals surface area contributed by atoms with E-state index in [1.165, 1.54) is 35.4 Å². The first-order chi connectivity index (χ1) is 14.9. The maximum atomic E-state index is 13.9. The van der Waals surface area contributed by atoms with Crippen LogP contribution in [0.3, 0.4) is 0 Å². The summed E-state index contributed by atoms with van der Waals surface area (Å²) < 4.78 is 47.5. The lowest BCUT2D eigenvalue weighted by Gasteiger charge is -2.37. The molecule has 2 atom stereocenters. The summed E-state index contributed by atoms with van der Waals surface area (Å²) in [5.74, 6) is -2.80. The standard InChI is InChI=1S/C22H20F3N3O3/c23-14-10-13(11-15(24)12-14)17-3-4-18-28(17)21(30)22(31-18)5-8-27(9-6-22)20(29)19-16(25)2-1-7-26-19/h1-2,7,10-12,17-18H,3-6,8-9H2/t17-,18?/m0/s1. The number of ether oxygens (including phenoxy) is 1. The molecule has 6 nitrogen and oxygen atoms in total. The molecule has 0 aliphatic carbocycles. The van der Waals surface area contributed by atoms with Gasteiger partial charge >= 0.3 is 0 Å². The van der Waals surface area contributed by atoms with Crippen molar-refractivity contribution in [3.05, 3.63) is 65.2 Å². The summed E-state index contributed by atoms with van der Waals surface area (Å²) in [5.41, 5.74) is -0.910. The first-order valence-corrected chi connectivity index (χ1v) is 10.2. The summed E-state index contributed by atoms with van der Waals surface area (Å²) >= 11 is 0. The highest BCUT2D eigenvalue weighted by molar-refractivity contribution is 5.93. The number of rotatable bonds is 2. The number of amides is 2. The molecule has 9 heteroatoms. The first kappa shape index (κ1) is 20.0. The third-order valence-electron chi connectivity index (χ3n) is 6.41. The minimum Gasteiger partial charge on any atom is -0.342 e. The number of nitrogens with zero attached hydrogens (tertiary/aromatic N) is 3. The van der Waals surface area contributed by atoms with Crippen LogP contribution in [0.15, 0.2) is 36.5 Å². The van der Waals surface area contributed by atoms with Crippen molar-refractivity contribution in [2.75, 3.05) is 13.1 Å². The van der Waals surface area contributed by atoms with Gasteiger partial charge in [-0.3, -0.25) is 9.59 Å². The van der Waals surface area contributed by atoms with Gasteiger partial charge in [-0.05, 0) is 42.7 Å². The molecule has 1 aromatic heterocycles. The second-order valence-corrected chi connectivity index (χ2v) is 8.20. The van der Waals surface area contributed by atoms with Crippen LogP contribution >= 0.6 is 0 Å². The van der Waals surface area contributed by atoms with E-state index in [1.54, 1.807) is 4.90 Å². The Hall–Kier alpha value is -2.94. The van der Waals surface area contributed by atoms with E-state index >= 15 is 0 Å². The summed E-state index contributed by atoms with van der Waals surface area (Å²) in [7, 11) is 0. The van der Waals surface area contributed by atoms with Crippen molar-refractivity contribution in [3.63, 3.8) is 0 Å². The zero-order valence-electron chi connectivity index (χ0n) is 16.6. The fourth-order valence-corrected chi connectivity index (χ4v) is 4.90. The maximum absolute atomic E-state index is 13.9. The average Bonchev–Trinajstić information content (AvgIpc) is 3.26. The molecule has 1 aromatic carbocycles. The third-order valence-corrected chi connectivity index (χ3v) is 6.41. The van der Waals surface area contributed by atoms with Crippen LogP contribution in [0.1, 0.15) is 47.8 Å². The summed E-state index contributed by atoms with van der Waals surface area (Å²) in [5, 5.41) is 0. The van der Waals surface area contributed by atoms with Crippen LogP contribution in [0, 0.1) is 17.5 Å². The lowest BCUT2D eigenvalue weighted by atomic mass is 9.89. The lowest BCUT2D eigenvalue weighted by Crippen LogP contribution is -2.51. The van der Waals surface area contributed by atoms with Crippen molar-refractivity contribution in [2.45, 2.75) is 43.6 Å². The smallest absolute Gasteiger partial charge is 0.275 e. The average molecular weight is 431 g/mol. The fraction of sp³-hybridized carbons (Fsp3) is 0.409. The van der Waals surface area contributed by atoms with Crippen molar-refractivity contribution in [1.82, 2.24) is 14.8 Å². The highest BCUT2D eigenvalue weighted by Crippen LogP contribution is 2.47. The van der Waals surface area contributed by atoms with E-state index in [0.717, 1.165) is 6.07 Å². The molecule has 2 amide bonds. The largest absolute Gasteiger partial charge is 0.342 e. The second kappa shape index (κ2) is 7.33. The van der Waals surface area contributed by atoms with Crippen LogP contribution in [-0.2, 0) is 9.53 Å². The van der Waals surface area contributed by atoms with Gasteiger partial charge in [-0.2, -0.15) is 0 Å². The zero-order chi connectivity index (χ0) is 21.8. The predicted octanol–water partition coefficient (Wildman–Crippen LogP) is 3.19. The van der Waals surface area contributed by atoms with Crippen LogP contribution in [0.4, 0.5) is 13.2 Å². The Morgan fingerprint density at radius 1 is 1.10 bits per heavy atom. The van der Waals surface area contributed by atoms with Gasteiger partial charge in [-0.25, -0.2) is 18.2 Å². The van der Waals surface area contributed by atoms with E-state index in [0.29, 0.717) is 18.4 Å².